The van der Waals surface area contributed by atoms with Gasteiger partial charge in [0, 0.05) is 31.0 Å². The lowest BCUT2D eigenvalue weighted by molar-refractivity contribution is -0.133. The molecule has 0 atom stereocenters. The topological polar surface area (TPSA) is 68.8 Å². The van der Waals surface area contributed by atoms with Crippen LogP contribution in [0.25, 0.3) is 16.8 Å². The molecule has 0 spiro atoms. The van der Waals surface area contributed by atoms with E-state index in [1.807, 2.05) is 42.2 Å². The third-order valence-electron chi connectivity index (χ3n) is 6.70. The molecule has 1 amide bonds. The third-order valence-corrected chi connectivity index (χ3v) is 6.70. The number of benzene rings is 2. The fraction of sp³-hybridized carbons (Fsp3) is 0.321. The van der Waals surface area contributed by atoms with Crippen LogP contribution < -0.4 is 10.3 Å². The highest BCUT2D eigenvalue weighted by Crippen LogP contribution is 2.23. The molecule has 0 saturated carbocycles. The molecule has 4 aromatic rings. The molecule has 7 heteroatoms. The maximum absolute atomic E-state index is 13.1. The minimum Gasteiger partial charge on any atom is -0.494 e. The normalized spacial score (nSPS) is 14.4. The van der Waals surface area contributed by atoms with Crippen molar-refractivity contribution in [2.45, 2.75) is 32.7 Å². The molecular formula is C28H30N4O3. The van der Waals surface area contributed by atoms with E-state index in [0.29, 0.717) is 23.7 Å². The summed E-state index contributed by atoms with van der Waals surface area (Å²) in [6, 6.07) is 19.9. The summed E-state index contributed by atoms with van der Waals surface area (Å²) in [7, 11) is 0. The largest absolute Gasteiger partial charge is 0.494 e. The third kappa shape index (κ3) is 5.14. The maximum Gasteiger partial charge on any atom is 0.277 e. The highest BCUT2D eigenvalue weighted by Gasteiger charge is 2.23. The predicted octanol–water partition coefficient (Wildman–Crippen LogP) is 4.04. The molecule has 0 aliphatic carbocycles. The summed E-state index contributed by atoms with van der Waals surface area (Å²) in [5.74, 6) is 1.37. The zero-order chi connectivity index (χ0) is 24.2. The lowest BCUT2D eigenvalue weighted by Crippen LogP contribution is -2.42. The molecule has 3 heterocycles. The molecule has 0 bridgehead atoms. The molecular weight excluding hydrogens is 440 g/mol. The van der Waals surface area contributed by atoms with Gasteiger partial charge in [-0.25, -0.2) is 4.52 Å². The van der Waals surface area contributed by atoms with Crippen molar-refractivity contribution in [1.29, 1.82) is 0 Å². The van der Waals surface area contributed by atoms with Crippen molar-refractivity contribution in [3.05, 3.63) is 89.0 Å². The van der Waals surface area contributed by atoms with Gasteiger partial charge in [0.05, 0.1) is 12.3 Å². The molecule has 2 aromatic heterocycles. The van der Waals surface area contributed by atoms with E-state index in [2.05, 4.69) is 29.4 Å². The van der Waals surface area contributed by atoms with E-state index in [0.717, 1.165) is 43.7 Å². The van der Waals surface area contributed by atoms with Crippen LogP contribution in [0.2, 0.25) is 0 Å². The molecule has 1 saturated heterocycles. The Morgan fingerprint density at radius 2 is 1.77 bits per heavy atom. The van der Waals surface area contributed by atoms with Crippen LogP contribution in [-0.2, 0) is 17.8 Å². The molecule has 7 nitrogen and oxygen atoms in total. The van der Waals surface area contributed by atoms with E-state index in [1.54, 1.807) is 23.0 Å². The van der Waals surface area contributed by atoms with Crippen LogP contribution in [-0.4, -0.2) is 44.7 Å². The molecule has 2 aromatic carbocycles. The molecule has 1 aliphatic rings. The molecule has 180 valence electrons. The highest BCUT2D eigenvalue weighted by molar-refractivity contribution is 5.76. The SMILES string of the molecule is CCOc1ccc(-c2cc3c(=O)n(CC(=O)N4CCC(Cc5ccccc5)CC4)ccn3n2)cc1. The Bertz CT molecular complexity index is 1350. The van der Waals surface area contributed by atoms with Crippen molar-refractivity contribution >= 4 is 11.4 Å². The minimum absolute atomic E-state index is 0.0131. The number of hydrogen-bond donors (Lipinski definition) is 0. The second-order valence-corrected chi connectivity index (χ2v) is 9.06. The quantitative estimate of drug-likeness (QED) is 0.409. The Hall–Kier alpha value is -3.87. The fourth-order valence-electron chi connectivity index (χ4n) is 4.76. The highest BCUT2D eigenvalue weighted by atomic mass is 16.5. The summed E-state index contributed by atoms with van der Waals surface area (Å²) in [6.07, 6.45) is 6.40. The smallest absolute Gasteiger partial charge is 0.277 e. The van der Waals surface area contributed by atoms with Gasteiger partial charge < -0.3 is 14.2 Å². The van der Waals surface area contributed by atoms with Crippen LogP contribution in [0.1, 0.15) is 25.3 Å². The number of carbonyl (C=O) groups excluding carboxylic acids is 1. The average molecular weight is 471 g/mol. The first-order chi connectivity index (χ1) is 17.1. The van der Waals surface area contributed by atoms with Gasteiger partial charge in [0.25, 0.3) is 5.56 Å². The standard InChI is InChI=1S/C28H30N4O3/c1-2-35-24-10-8-23(9-11-24)25-19-26-28(34)31(16-17-32(26)29-25)20-27(33)30-14-12-22(13-15-30)18-21-6-4-3-5-7-21/h3-11,16-17,19,22H,2,12-15,18,20H2,1H3. The first kappa shape index (κ1) is 22.9. The van der Waals surface area contributed by atoms with Gasteiger partial charge >= 0.3 is 0 Å². The fourth-order valence-corrected chi connectivity index (χ4v) is 4.76. The van der Waals surface area contributed by atoms with E-state index in [9.17, 15) is 9.59 Å². The lowest BCUT2D eigenvalue weighted by Gasteiger charge is -2.32. The Balaban J connectivity index is 1.24. The summed E-state index contributed by atoms with van der Waals surface area (Å²) in [5.41, 5.74) is 3.19. The van der Waals surface area contributed by atoms with E-state index >= 15 is 0 Å². The monoisotopic (exact) mass is 470 g/mol. The molecule has 0 N–H and O–H groups in total. The molecule has 0 radical (unpaired) electrons. The number of nitrogens with zero attached hydrogens (tertiary/aromatic N) is 4. The van der Waals surface area contributed by atoms with Gasteiger partial charge in [-0.3, -0.25) is 9.59 Å². The zero-order valence-corrected chi connectivity index (χ0v) is 20.0. The summed E-state index contributed by atoms with van der Waals surface area (Å²) in [6.45, 7) is 4.07. The number of aromatic nitrogens is 3. The number of amides is 1. The number of ether oxygens (including phenoxy) is 1. The lowest BCUT2D eigenvalue weighted by atomic mass is 9.90. The number of fused-ring (bicyclic) bond motifs is 1. The number of likely N-dealkylation sites (tertiary alicyclic amines) is 1. The number of carbonyl (C=O) groups is 1. The van der Waals surface area contributed by atoms with Crippen LogP contribution in [0.5, 0.6) is 5.75 Å². The Labute approximate surface area is 204 Å². The molecule has 0 unspecified atom stereocenters. The van der Waals surface area contributed by atoms with Crippen LogP contribution in [0.15, 0.2) is 77.9 Å². The van der Waals surface area contributed by atoms with Crippen molar-refractivity contribution in [1.82, 2.24) is 19.1 Å². The van der Waals surface area contributed by atoms with Crippen LogP contribution in [0.4, 0.5) is 0 Å². The zero-order valence-electron chi connectivity index (χ0n) is 20.0. The summed E-state index contributed by atoms with van der Waals surface area (Å²) in [5, 5.41) is 4.54. The average Bonchev–Trinajstić information content (AvgIpc) is 3.33. The van der Waals surface area contributed by atoms with Gasteiger partial charge in [0.2, 0.25) is 5.91 Å². The van der Waals surface area contributed by atoms with E-state index in [-0.39, 0.29) is 18.0 Å². The summed E-state index contributed by atoms with van der Waals surface area (Å²) >= 11 is 0. The van der Waals surface area contributed by atoms with Gasteiger partial charge in [0.1, 0.15) is 17.8 Å². The Morgan fingerprint density at radius 3 is 2.49 bits per heavy atom. The minimum atomic E-state index is -0.218. The Morgan fingerprint density at radius 1 is 1.03 bits per heavy atom. The van der Waals surface area contributed by atoms with Gasteiger partial charge in [-0.05, 0) is 68.0 Å². The van der Waals surface area contributed by atoms with E-state index < -0.39 is 0 Å². The molecule has 35 heavy (non-hydrogen) atoms. The molecule has 5 rings (SSSR count). The van der Waals surface area contributed by atoms with Gasteiger partial charge in [-0.2, -0.15) is 5.10 Å². The summed E-state index contributed by atoms with van der Waals surface area (Å²) in [4.78, 5) is 28.0. The maximum atomic E-state index is 13.1. The second kappa shape index (κ2) is 10.2. The van der Waals surface area contributed by atoms with Crippen LogP contribution in [0, 0.1) is 5.92 Å². The molecule has 1 aliphatic heterocycles. The Kier molecular flexibility index (Phi) is 6.66. The van der Waals surface area contributed by atoms with Crippen molar-refractivity contribution in [2.75, 3.05) is 19.7 Å². The van der Waals surface area contributed by atoms with Crippen molar-refractivity contribution in [2.24, 2.45) is 5.92 Å². The number of piperidine rings is 1. The number of rotatable bonds is 7. The van der Waals surface area contributed by atoms with Crippen molar-refractivity contribution in [3.63, 3.8) is 0 Å². The predicted molar refractivity (Wildman–Crippen MR) is 136 cm³/mol. The van der Waals surface area contributed by atoms with Gasteiger partial charge in [-0.15, -0.1) is 0 Å². The number of hydrogen-bond acceptors (Lipinski definition) is 4. The summed E-state index contributed by atoms with van der Waals surface area (Å²) < 4.78 is 8.55. The molecule has 1 fully saturated rings. The van der Waals surface area contributed by atoms with Crippen molar-refractivity contribution < 1.29 is 9.53 Å². The van der Waals surface area contributed by atoms with Crippen LogP contribution >= 0.6 is 0 Å². The first-order valence-corrected chi connectivity index (χ1v) is 12.2. The van der Waals surface area contributed by atoms with E-state index in [4.69, 9.17) is 4.74 Å². The van der Waals surface area contributed by atoms with Crippen molar-refractivity contribution in [3.8, 4) is 17.0 Å². The van der Waals surface area contributed by atoms with Gasteiger partial charge in [0.15, 0.2) is 0 Å². The van der Waals surface area contributed by atoms with Crippen LogP contribution in [0.3, 0.4) is 0 Å². The first-order valence-electron chi connectivity index (χ1n) is 12.2. The van der Waals surface area contributed by atoms with E-state index in [1.165, 1.54) is 10.1 Å². The second-order valence-electron chi connectivity index (χ2n) is 9.06. The van der Waals surface area contributed by atoms with Gasteiger partial charge in [-0.1, -0.05) is 30.3 Å².